The molecule has 1 fully saturated rings. The molecular weight excluding hydrogens is 256 g/mol. The molecule has 1 unspecified atom stereocenters. The Morgan fingerprint density at radius 2 is 2.00 bits per heavy atom. The van der Waals surface area contributed by atoms with Crippen LogP contribution in [0.3, 0.4) is 0 Å². The largest absolute Gasteiger partial charge is 0.480 e. The molecule has 1 aliphatic heterocycles. The minimum Gasteiger partial charge on any atom is -0.480 e. The smallest absolute Gasteiger partial charge is 0.326 e. The second-order valence-corrected chi connectivity index (χ2v) is 5.31. The van der Waals surface area contributed by atoms with Gasteiger partial charge in [0.2, 0.25) is 0 Å². The molecule has 5 heteroatoms. The summed E-state index contributed by atoms with van der Waals surface area (Å²) in [6, 6.07) is 7.08. The Kier molecular flexibility index (Phi) is 4.27. The molecule has 0 radical (unpaired) electrons. The van der Waals surface area contributed by atoms with Gasteiger partial charge in [0, 0.05) is 20.1 Å². The van der Waals surface area contributed by atoms with Crippen molar-refractivity contribution in [2.75, 3.05) is 13.6 Å². The van der Waals surface area contributed by atoms with Crippen molar-refractivity contribution in [3.63, 3.8) is 0 Å². The molecule has 20 heavy (non-hydrogen) atoms. The molecule has 0 aliphatic carbocycles. The van der Waals surface area contributed by atoms with Crippen molar-refractivity contribution in [1.29, 1.82) is 0 Å². The van der Waals surface area contributed by atoms with Crippen LogP contribution >= 0.6 is 0 Å². The average Bonchev–Trinajstić information content (AvgIpc) is 2.90. The van der Waals surface area contributed by atoms with Crippen LogP contribution in [0.15, 0.2) is 24.3 Å². The van der Waals surface area contributed by atoms with Gasteiger partial charge in [-0.2, -0.15) is 0 Å². The summed E-state index contributed by atoms with van der Waals surface area (Å²) in [6.07, 6.45) is 1.29. The molecule has 5 nitrogen and oxygen atoms in total. The fraction of sp³-hybridized carbons (Fsp3) is 0.467. The Morgan fingerprint density at radius 3 is 2.60 bits per heavy atom. The summed E-state index contributed by atoms with van der Waals surface area (Å²) in [4.78, 5) is 26.5. The van der Waals surface area contributed by atoms with Gasteiger partial charge in [-0.05, 0) is 25.3 Å². The molecule has 0 saturated carbocycles. The lowest BCUT2D eigenvalue weighted by atomic mass is 10.1. The van der Waals surface area contributed by atoms with Crippen LogP contribution in [0.4, 0.5) is 4.79 Å². The lowest BCUT2D eigenvalue weighted by Crippen LogP contribution is -2.46. The summed E-state index contributed by atoms with van der Waals surface area (Å²) < 4.78 is 0. The Morgan fingerprint density at radius 1 is 1.35 bits per heavy atom. The molecule has 108 valence electrons. The standard InChI is InChI=1S/C15H20N2O3/c1-11-5-7-12(8-6-11)10-16(2)15(20)17-9-3-4-13(17)14(18)19/h5-8,13H,3-4,9-10H2,1-2H3,(H,18,19). The molecule has 1 saturated heterocycles. The van der Waals surface area contributed by atoms with Gasteiger partial charge < -0.3 is 14.9 Å². The zero-order valence-corrected chi connectivity index (χ0v) is 11.9. The van der Waals surface area contributed by atoms with Crippen molar-refractivity contribution in [3.05, 3.63) is 35.4 Å². The van der Waals surface area contributed by atoms with Gasteiger partial charge in [-0.15, -0.1) is 0 Å². The second kappa shape index (κ2) is 5.94. The molecule has 1 heterocycles. The molecule has 1 aromatic carbocycles. The minimum absolute atomic E-state index is 0.213. The molecule has 1 N–H and O–H groups in total. The first-order valence-electron chi connectivity index (χ1n) is 6.79. The second-order valence-electron chi connectivity index (χ2n) is 5.31. The summed E-state index contributed by atoms with van der Waals surface area (Å²) >= 11 is 0. The Labute approximate surface area is 118 Å². The van der Waals surface area contributed by atoms with Gasteiger partial charge in [0.25, 0.3) is 0 Å². The van der Waals surface area contributed by atoms with Crippen LogP contribution in [0.2, 0.25) is 0 Å². The predicted octanol–water partition coefficient (Wildman–Crippen LogP) is 2.10. The molecule has 1 atom stereocenters. The van der Waals surface area contributed by atoms with Crippen LogP contribution in [0.5, 0.6) is 0 Å². The number of nitrogens with zero attached hydrogens (tertiary/aromatic N) is 2. The number of aryl methyl sites for hydroxylation is 1. The van der Waals surface area contributed by atoms with E-state index in [0.29, 0.717) is 19.5 Å². The van der Waals surface area contributed by atoms with E-state index in [1.165, 1.54) is 10.5 Å². The third kappa shape index (κ3) is 3.10. The molecule has 1 aliphatic rings. The number of likely N-dealkylation sites (tertiary alicyclic amines) is 1. The van der Waals surface area contributed by atoms with Gasteiger partial charge in [-0.1, -0.05) is 29.8 Å². The number of carbonyl (C=O) groups is 2. The average molecular weight is 276 g/mol. The van der Waals surface area contributed by atoms with Crippen LogP contribution in [-0.4, -0.2) is 46.5 Å². The van der Waals surface area contributed by atoms with E-state index < -0.39 is 12.0 Å². The molecule has 2 rings (SSSR count). The van der Waals surface area contributed by atoms with Crippen molar-refractivity contribution >= 4 is 12.0 Å². The van der Waals surface area contributed by atoms with Crippen LogP contribution in [0.25, 0.3) is 0 Å². The first kappa shape index (κ1) is 14.4. The van der Waals surface area contributed by atoms with Crippen molar-refractivity contribution in [2.24, 2.45) is 0 Å². The highest BCUT2D eigenvalue weighted by Gasteiger charge is 2.35. The highest BCUT2D eigenvalue weighted by molar-refractivity contribution is 5.83. The topological polar surface area (TPSA) is 60.9 Å². The van der Waals surface area contributed by atoms with E-state index in [4.69, 9.17) is 5.11 Å². The Hall–Kier alpha value is -2.04. The zero-order chi connectivity index (χ0) is 14.7. The highest BCUT2D eigenvalue weighted by Crippen LogP contribution is 2.19. The fourth-order valence-corrected chi connectivity index (χ4v) is 2.51. The van der Waals surface area contributed by atoms with Crippen molar-refractivity contribution < 1.29 is 14.7 Å². The van der Waals surface area contributed by atoms with Gasteiger partial charge in [-0.3, -0.25) is 0 Å². The van der Waals surface area contributed by atoms with E-state index in [-0.39, 0.29) is 6.03 Å². The number of carboxylic acids is 1. The summed E-state index contributed by atoms with van der Waals surface area (Å²) in [6.45, 7) is 3.02. The SMILES string of the molecule is Cc1ccc(CN(C)C(=O)N2CCCC2C(=O)O)cc1. The number of hydrogen-bond donors (Lipinski definition) is 1. The van der Waals surface area contributed by atoms with E-state index >= 15 is 0 Å². The lowest BCUT2D eigenvalue weighted by Gasteiger charge is -2.27. The molecular formula is C15H20N2O3. The predicted molar refractivity (Wildman–Crippen MR) is 75.4 cm³/mol. The number of amides is 2. The monoisotopic (exact) mass is 276 g/mol. The first-order valence-corrected chi connectivity index (χ1v) is 6.79. The zero-order valence-electron chi connectivity index (χ0n) is 11.9. The van der Waals surface area contributed by atoms with Crippen LogP contribution in [0.1, 0.15) is 24.0 Å². The van der Waals surface area contributed by atoms with Crippen molar-refractivity contribution in [1.82, 2.24) is 9.80 Å². The fourth-order valence-electron chi connectivity index (χ4n) is 2.51. The van der Waals surface area contributed by atoms with Gasteiger partial charge in [0.05, 0.1) is 0 Å². The summed E-state index contributed by atoms with van der Waals surface area (Å²) in [5.41, 5.74) is 2.21. The maximum atomic E-state index is 12.3. The first-order chi connectivity index (χ1) is 9.49. The van der Waals surface area contributed by atoms with Gasteiger partial charge in [-0.25, -0.2) is 9.59 Å². The van der Waals surface area contributed by atoms with E-state index in [1.54, 1.807) is 11.9 Å². The number of carbonyl (C=O) groups excluding carboxylic acids is 1. The van der Waals surface area contributed by atoms with Crippen LogP contribution in [-0.2, 0) is 11.3 Å². The Balaban J connectivity index is 2.01. The molecule has 0 bridgehead atoms. The normalized spacial score (nSPS) is 18.1. The van der Waals surface area contributed by atoms with E-state index in [2.05, 4.69) is 0 Å². The number of hydrogen-bond acceptors (Lipinski definition) is 2. The number of urea groups is 1. The van der Waals surface area contributed by atoms with Crippen LogP contribution < -0.4 is 0 Å². The van der Waals surface area contributed by atoms with Gasteiger partial charge in [0.1, 0.15) is 6.04 Å². The number of carboxylic acid groups (broad SMARTS) is 1. The lowest BCUT2D eigenvalue weighted by molar-refractivity contribution is -0.141. The number of aliphatic carboxylic acids is 1. The maximum Gasteiger partial charge on any atom is 0.326 e. The molecule has 2 amide bonds. The minimum atomic E-state index is -0.917. The quantitative estimate of drug-likeness (QED) is 0.919. The summed E-state index contributed by atoms with van der Waals surface area (Å²) in [5, 5.41) is 9.12. The number of benzene rings is 1. The summed E-state index contributed by atoms with van der Waals surface area (Å²) in [7, 11) is 1.71. The van der Waals surface area contributed by atoms with Gasteiger partial charge in [0.15, 0.2) is 0 Å². The maximum absolute atomic E-state index is 12.3. The third-order valence-corrected chi connectivity index (χ3v) is 3.65. The molecule has 1 aromatic rings. The number of rotatable bonds is 3. The Bertz CT molecular complexity index is 498. The van der Waals surface area contributed by atoms with Crippen LogP contribution in [0, 0.1) is 6.92 Å². The van der Waals surface area contributed by atoms with E-state index in [0.717, 1.165) is 12.0 Å². The van der Waals surface area contributed by atoms with E-state index in [1.807, 2.05) is 31.2 Å². The summed E-state index contributed by atoms with van der Waals surface area (Å²) in [5.74, 6) is -0.917. The van der Waals surface area contributed by atoms with E-state index in [9.17, 15) is 9.59 Å². The third-order valence-electron chi connectivity index (χ3n) is 3.65. The van der Waals surface area contributed by atoms with Crippen molar-refractivity contribution in [3.8, 4) is 0 Å². The van der Waals surface area contributed by atoms with Gasteiger partial charge >= 0.3 is 12.0 Å². The highest BCUT2D eigenvalue weighted by atomic mass is 16.4. The van der Waals surface area contributed by atoms with Crippen molar-refractivity contribution in [2.45, 2.75) is 32.4 Å². The molecule has 0 spiro atoms. The molecule has 0 aromatic heterocycles.